The maximum Gasteiger partial charge on any atom is 0.193 e. The normalized spacial score (nSPS) is 30.8. The minimum Gasteiger partial charge on any atom is -0.493 e. The van der Waals surface area contributed by atoms with Crippen LogP contribution in [0.4, 0.5) is 0 Å². The van der Waals surface area contributed by atoms with E-state index in [4.69, 9.17) is 4.74 Å². The molecule has 2 aromatic rings. The van der Waals surface area contributed by atoms with E-state index >= 15 is 0 Å². The molecule has 35 heavy (non-hydrogen) atoms. The van der Waals surface area contributed by atoms with Crippen LogP contribution in [0.5, 0.6) is 5.75 Å². The van der Waals surface area contributed by atoms with Crippen molar-refractivity contribution < 1.29 is 9.53 Å². The predicted octanol–water partition coefficient (Wildman–Crippen LogP) is 5.23. The number of benzene rings is 1. The number of fused-ring (bicyclic) bond motifs is 6. The van der Waals surface area contributed by atoms with Crippen molar-refractivity contribution in [3.63, 3.8) is 0 Å². The number of pyridine rings is 1. The number of aromatic nitrogens is 1. The van der Waals surface area contributed by atoms with E-state index in [1.807, 2.05) is 0 Å². The van der Waals surface area contributed by atoms with E-state index in [0.29, 0.717) is 12.5 Å². The Hall–Kier alpha value is -3.07. The molecule has 1 aromatic carbocycles. The maximum absolute atomic E-state index is 12.9. The highest BCUT2D eigenvalue weighted by atomic mass is 16.5. The van der Waals surface area contributed by atoms with Crippen LogP contribution in [-0.4, -0.2) is 22.6 Å². The van der Waals surface area contributed by atoms with E-state index in [1.165, 1.54) is 18.1 Å². The summed E-state index contributed by atoms with van der Waals surface area (Å²) in [5.41, 5.74) is 4.48. The first-order valence-corrected chi connectivity index (χ1v) is 12.9. The average Bonchev–Trinajstić information content (AvgIpc) is 3.55. The van der Waals surface area contributed by atoms with Crippen molar-refractivity contribution in [3.05, 3.63) is 51.3 Å². The summed E-state index contributed by atoms with van der Waals surface area (Å²) in [5, 5.41) is 11.7. The summed E-state index contributed by atoms with van der Waals surface area (Å²) in [7, 11) is 0. The van der Waals surface area contributed by atoms with Crippen LogP contribution in [0.25, 0.3) is 11.3 Å². The van der Waals surface area contributed by atoms with Gasteiger partial charge in [0.2, 0.25) is 0 Å². The van der Waals surface area contributed by atoms with Crippen LogP contribution in [0.2, 0.25) is 0 Å². The molecule has 0 radical (unpaired) electrons. The summed E-state index contributed by atoms with van der Waals surface area (Å²) < 4.78 is 8.64. The monoisotopic (exact) mass is 469 g/mol. The fraction of sp³-hybridized carbons (Fsp3) is 0.552. The number of ether oxygens (including phenoxy) is 1. The van der Waals surface area contributed by atoms with Crippen LogP contribution >= 0.6 is 0 Å². The van der Waals surface area contributed by atoms with Gasteiger partial charge in [0, 0.05) is 23.2 Å². The van der Waals surface area contributed by atoms with E-state index in [-0.39, 0.29) is 39.2 Å². The zero-order valence-electron chi connectivity index (χ0n) is 20.7. The molecule has 6 aliphatic rings. The number of hydrogen-bond acceptors (Lipinski definition) is 5. The average molecular weight is 470 g/mol. The van der Waals surface area contributed by atoms with Crippen molar-refractivity contribution >= 4 is 5.78 Å². The lowest BCUT2D eigenvalue weighted by molar-refractivity contribution is -0.181. The highest BCUT2D eigenvalue weighted by Gasteiger charge is 2.68. The zero-order valence-corrected chi connectivity index (χ0v) is 20.7. The van der Waals surface area contributed by atoms with Gasteiger partial charge in [-0.3, -0.25) is 19.3 Å². The molecule has 6 nitrogen and oxygen atoms in total. The van der Waals surface area contributed by atoms with E-state index < -0.39 is 0 Å². The second-order valence-electron chi connectivity index (χ2n) is 12.5. The van der Waals surface area contributed by atoms with Crippen molar-refractivity contribution in [2.24, 2.45) is 10.8 Å². The van der Waals surface area contributed by atoms with Gasteiger partial charge in [-0.15, -0.1) is 0 Å². The molecule has 1 aromatic heterocycles. The van der Waals surface area contributed by atoms with Gasteiger partial charge < -0.3 is 4.74 Å². The number of nitriles is 1. The minimum absolute atomic E-state index is 0.0653. The van der Waals surface area contributed by atoms with Crippen molar-refractivity contribution in [1.29, 1.82) is 5.26 Å². The zero-order chi connectivity index (χ0) is 24.3. The lowest BCUT2D eigenvalue weighted by atomic mass is 9.36. The molecule has 5 fully saturated rings. The Morgan fingerprint density at radius 3 is 2.54 bits per heavy atom. The Kier molecular flexibility index (Phi) is 3.99. The first-order chi connectivity index (χ1) is 16.6. The lowest BCUT2D eigenvalue weighted by Gasteiger charge is -2.66. The van der Waals surface area contributed by atoms with Crippen molar-refractivity contribution in [3.8, 4) is 23.1 Å². The summed E-state index contributed by atoms with van der Waals surface area (Å²) >= 11 is 0. The first kappa shape index (κ1) is 21.2. The summed E-state index contributed by atoms with van der Waals surface area (Å²) in [5.74, 6) is 1.30. The first-order valence-electron chi connectivity index (χ1n) is 12.9. The van der Waals surface area contributed by atoms with Gasteiger partial charge >= 0.3 is 0 Å². The smallest absolute Gasteiger partial charge is 0.193 e. The number of Topliss-reactive ketones (excluding diaryl/α,β-unsaturated/α-hetero) is 1. The van der Waals surface area contributed by atoms with Crippen LogP contribution in [-0.2, 0) is 0 Å². The molecule has 4 saturated carbocycles. The molecule has 180 valence electrons. The lowest BCUT2D eigenvalue weighted by Crippen LogP contribution is -2.63. The standard InChI is InChI=1S/C29H31N3O3/c1-17(33)22-11-31-24(10-25(22)34)20-8-19(18-4-5-18)26(35-16-29-12-28(13-29,14-29)15-30)9-21(20)23-6-7-27(2,3)32(23)31/h8-11,18,23H,4-7,12-14,16H2,1-3H3/t23-,28?,29?/m1/s1. The third-order valence-corrected chi connectivity index (χ3v) is 9.33. The molecule has 4 aliphatic carbocycles. The van der Waals surface area contributed by atoms with Crippen molar-refractivity contribution in [1.82, 2.24) is 4.68 Å². The predicted molar refractivity (Wildman–Crippen MR) is 132 cm³/mol. The maximum atomic E-state index is 12.9. The number of rotatable bonds is 5. The largest absolute Gasteiger partial charge is 0.493 e. The number of hydrogen-bond donors (Lipinski definition) is 0. The summed E-state index contributed by atoms with van der Waals surface area (Å²) in [6.45, 7) is 6.62. The molecule has 1 atom stereocenters. The Morgan fingerprint density at radius 2 is 1.89 bits per heavy atom. The topological polar surface area (TPSA) is 75.3 Å². The van der Waals surface area contributed by atoms with Crippen molar-refractivity contribution in [2.75, 3.05) is 11.6 Å². The summed E-state index contributed by atoms with van der Waals surface area (Å²) in [4.78, 5) is 25.1. The van der Waals surface area contributed by atoms with Crippen LogP contribution < -0.4 is 15.2 Å². The third kappa shape index (κ3) is 2.87. The molecule has 8 rings (SSSR count). The highest BCUT2D eigenvalue weighted by Crippen LogP contribution is 2.73. The molecule has 0 spiro atoms. The van der Waals surface area contributed by atoms with Crippen molar-refractivity contribution in [2.45, 2.75) is 83.2 Å². The summed E-state index contributed by atoms with van der Waals surface area (Å²) in [6, 6.07) is 8.83. The Balaban J connectivity index is 1.34. The molecule has 0 unspecified atom stereocenters. The van der Waals surface area contributed by atoms with Gasteiger partial charge in [-0.1, -0.05) is 0 Å². The quantitative estimate of drug-likeness (QED) is 0.560. The Labute approximate surface area is 205 Å². The van der Waals surface area contributed by atoms with Gasteiger partial charge in [0.1, 0.15) is 5.75 Å². The molecular weight excluding hydrogens is 438 g/mol. The summed E-state index contributed by atoms with van der Waals surface area (Å²) in [6.07, 6.45) is 9.04. The van der Waals surface area contributed by atoms with Crippen LogP contribution in [0, 0.1) is 22.2 Å². The number of ketones is 1. The van der Waals surface area contributed by atoms with Crippen LogP contribution in [0.15, 0.2) is 29.2 Å². The molecule has 6 heteroatoms. The van der Waals surface area contributed by atoms with Crippen LogP contribution in [0.1, 0.15) is 99.2 Å². The van der Waals surface area contributed by atoms with Gasteiger partial charge in [0.25, 0.3) is 0 Å². The van der Waals surface area contributed by atoms with E-state index in [0.717, 1.165) is 62.0 Å². The molecule has 0 amide bonds. The Morgan fingerprint density at radius 1 is 1.14 bits per heavy atom. The van der Waals surface area contributed by atoms with Gasteiger partial charge in [0.15, 0.2) is 11.2 Å². The van der Waals surface area contributed by atoms with Gasteiger partial charge in [0.05, 0.1) is 40.9 Å². The van der Waals surface area contributed by atoms with Gasteiger partial charge in [-0.25, -0.2) is 0 Å². The molecular formula is C29H31N3O3. The molecule has 1 saturated heterocycles. The van der Waals surface area contributed by atoms with Gasteiger partial charge in [-0.05, 0) is 94.9 Å². The number of nitrogens with zero attached hydrogens (tertiary/aromatic N) is 3. The second-order valence-corrected chi connectivity index (χ2v) is 12.5. The molecule has 3 heterocycles. The van der Waals surface area contributed by atoms with E-state index in [9.17, 15) is 14.9 Å². The third-order valence-electron chi connectivity index (χ3n) is 9.33. The molecule has 2 bridgehead atoms. The number of carbonyl (C=O) groups excluding carboxylic acids is 1. The molecule has 2 aliphatic heterocycles. The Bertz CT molecular complexity index is 1390. The van der Waals surface area contributed by atoms with Crippen LogP contribution in [0.3, 0.4) is 0 Å². The molecule has 0 N–H and O–H groups in total. The number of carbonyl (C=O) groups is 1. The fourth-order valence-corrected chi connectivity index (χ4v) is 7.49. The minimum atomic E-state index is -0.214. The fourth-order valence-electron chi connectivity index (χ4n) is 7.49. The SMILES string of the molecule is CC(=O)c1cn2c(cc1=O)-c1cc(C3CC3)c(OCC34CC(C#N)(C3)C4)cc1[C@H]1CCC(C)(C)N12. The second kappa shape index (κ2) is 6.57. The van der Waals surface area contributed by atoms with E-state index in [2.05, 4.69) is 41.7 Å². The highest BCUT2D eigenvalue weighted by molar-refractivity contribution is 5.94. The van der Waals surface area contributed by atoms with E-state index in [1.54, 1.807) is 12.3 Å². The van der Waals surface area contributed by atoms with Gasteiger partial charge in [-0.2, -0.15) is 5.26 Å².